The average molecular weight is 749 g/mol. The van der Waals surface area contributed by atoms with E-state index in [9.17, 15) is 14.4 Å². The molecule has 2 amide bonds. The van der Waals surface area contributed by atoms with Crippen LogP contribution in [0.4, 0.5) is 4.79 Å². The normalized spacial score (nSPS) is 14.0. The van der Waals surface area contributed by atoms with Crippen LogP contribution in [0.5, 0.6) is 5.75 Å². The lowest BCUT2D eigenvalue weighted by molar-refractivity contribution is -0.870. The first-order valence-electron chi connectivity index (χ1n) is 19.5. The Bertz CT molecular complexity index is 1840. The number of rotatable bonds is 18. The zero-order valence-electron chi connectivity index (χ0n) is 33.5. The Morgan fingerprint density at radius 1 is 0.727 bits per heavy atom. The van der Waals surface area contributed by atoms with Crippen molar-refractivity contribution in [3.63, 3.8) is 0 Å². The standard InChI is InChI=1S/C46H57N3O6/c1-31(2)29-42(48-46(52)54-30-41-39-17-11-9-15-37(39)38-16-10-12-18-40(38)41)44(50)47-33(4)45(51)55-43(34-21-19-32(3)20-22-34)35-23-25-36(26-24-35)53-28-14-8-13-27-49(5,6)7/h9-12,15-26,31,33,41-43H,8,13-14,27-30H2,1-7H3,(H-,47,48,50,52)/p+1. The van der Waals surface area contributed by atoms with Gasteiger partial charge in [-0.05, 0) is 91.0 Å². The van der Waals surface area contributed by atoms with Crippen molar-refractivity contribution >= 4 is 18.0 Å². The van der Waals surface area contributed by atoms with Gasteiger partial charge in [0.25, 0.3) is 0 Å². The molecule has 0 aromatic heterocycles. The van der Waals surface area contributed by atoms with Crippen LogP contribution in [0.3, 0.4) is 0 Å². The van der Waals surface area contributed by atoms with Crippen molar-refractivity contribution < 1.29 is 33.1 Å². The molecular weight excluding hydrogens is 691 g/mol. The molecule has 3 unspecified atom stereocenters. The van der Waals surface area contributed by atoms with Gasteiger partial charge in [-0.3, -0.25) is 4.79 Å². The number of quaternary nitrogens is 1. The maximum atomic E-state index is 13.6. The van der Waals surface area contributed by atoms with Crippen molar-refractivity contribution in [3.05, 3.63) is 125 Å². The summed E-state index contributed by atoms with van der Waals surface area (Å²) in [5.74, 6) is -0.360. The zero-order valence-corrected chi connectivity index (χ0v) is 33.5. The Hall–Kier alpha value is -5.15. The topological polar surface area (TPSA) is 103 Å². The lowest BCUT2D eigenvalue weighted by Crippen LogP contribution is -2.51. The van der Waals surface area contributed by atoms with Gasteiger partial charge in [-0.25, -0.2) is 9.59 Å². The third kappa shape index (κ3) is 11.7. The van der Waals surface area contributed by atoms with Crippen LogP contribution in [0, 0.1) is 12.8 Å². The summed E-state index contributed by atoms with van der Waals surface area (Å²) < 4.78 is 18.8. The van der Waals surface area contributed by atoms with Gasteiger partial charge in [-0.15, -0.1) is 0 Å². The maximum absolute atomic E-state index is 13.6. The molecule has 3 atom stereocenters. The van der Waals surface area contributed by atoms with Gasteiger partial charge in [-0.2, -0.15) is 0 Å². The number of hydrogen-bond donors (Lipinski definition) is 2. The molecule has 0 saturated carbocycles. The van der Waals surface area contributed by atoms with Crippen molar-refractivity contribution in [2.45, 2.75) is 77.5 Å². The summed E-state index contributed by atoms with van der Waals surface area (Å²) >= 11 is 0. The summed E-state index contributed by atoms with van der Waals surface area (Å²) in [6.07, 6.45) is 2.20. The molecule has 5 rings (SSSR count). The molecule has 9 heteroatoms. The van der Waals surface area contributed by atoms with Crippen LogP contribution in [0.15, 0.2) is 97.1 Å². The van der Waals surface area contributed by atoms with Crippen molar-refractivity contribution in [1.29, 1.82) is 0 Å². The zero-order chi connectivity index (χ0) is 39.5. The number of unbranched alkanes of at least 4 members (excludes halogenated alkanes) is 2. The molecule has 9 nitrogen and oxygen atoms in total. The lowest BCUT2D eigenvalue weighted by atomic mass is 9.98. The van der Waals surface area contributed by atoms with E-state index in [0.717, 1.165) is 75.0 Å². The Morgan fingerprint density at radius 3 is 1.89 bits per heavy atom. The van der Waals surface area contributed by atoms with E-state index in [-0.39, 0.29) is 18.4 Å². The number of nitrogens with one attached hydrogen (secondary N) is 2. The molecule has 4 aromatic carbocycles. The Balaban J connectivity index is 1.18. The molecule has 292 valence electrons. The molecule has 1 aliphatic rings. The highest BCUT2D eigenvalue weighted by Crippen LogP contribution is 2.44. The van der Waals surface area contributed by atoms with Gasteiger partial charge >= 0.3 is 12.1 Å². The van der Waals surface area contributed by atoms with Crippen LogP contribution in [-0.2, 0) is 19.1 Å². The minimum absolute atomic E-state index is 0.0811. The van der Waals surface area contributed by atoms with Gasteiger partial charge in [0.15, 0.2) is 6.10 Å². The minimum atomic E-state index is -0.987. The molecule has 4 aromatic rings. The number of hydrogen-bond acceptors (Lipinski definition) is 6. The fourth-order valence-corrected chi connectivity index (χ4v) is 6.94. The third-order valence-electron chi connectivity index (χ3n) is 9.91. The Morgan fingerprint density at radius 2 is 1.31 bits per heavy atom. The van der Waals surface area contributed by atoms with Gasteiger partial charge in [-0.1, -0.05) is 104 Å². The number of nitrogens with zero attached hydrogens (tertiary/aromatic N) is 1. The number of ether oxygens (including phenoxy) is 3. The number of carbonyl (C=O) groups excluding carboxylic acids is 3. The van der Waals surface area contributed by atoms with E-state index in [0.29, 0.717) is 13.0 Å². The van der Waals surface area contributed by atoms with Gasteiger partial charge in [0.2, 0.25) is 5.91 Å². The van der Waals surface area contributed by atoms with E-state index in [1.807, 2.05) is 93.6 Å². The van der Waals surface area contributed by atoms with Crippen LogP contribution in [0.1, 0.15) is 86.3 Å². The summed E-state index contributed by atoms with van der Waals surface area (Å²) in [4.78, 5) is 40.4. The van der Waals surface area contributed by atoms with Crippen molar-refractivity contribution in [3.8, 4) is 16.9 Å². The van der Waals surface area contributed by atoms with Gasteiger partial charge in [0.05, 0.1) is 34.3 Å². The SMILES string of the molecule is Cc1ccc(C(OC(=O)C(C)NC(=O)C(CC(C)C)NC(=O)OCC2c3ccccc3-c3ccccc32)c2ccc(OCCCCC[N+](C)(C)C)cc2)cc1. The molecule has 0 aliphatic heterocycles. The summed E-state index contributed by atoms with van der Waals surface area (Å²) in [7, 11) is 6.61. The first-order chi connectivity index (χ1) is 26.3. The fraction of sp³-hybridized carbons (Fsp3) is 0.413. The molecule has 1 aliphatic carbocycles. The van der Waals surface area contributed by atoms with E-state index in [1.165, 1.54) is 0 Å². The van der Waals surface area contributed by atoms with E-state index < -0.39 is 36.2 Å². The lowest BCUT2D eigenvalue weighted by Gasteiger charge is -2.24. The summed E-state index contributed by atoms with van der Waals surface area (Å²) in [6, 6.07) is 29.8. The minimum Gasteiger partial charge on any atom is -0.494 e. The first-order valence-corrected chi connectivity index (χ1v) is 19.5. The number of aryl methyl sites for hydroxylation is 1. The summed E-state index contributed by atoms with van der Waals surface area (Å²) in [5, 5.41) is 5.54. The molecule has 0 bridgehead atoms. The quantitative estimate of drug-likeness (QED) is 0.0603. The molecule has 0 saturated heterocycles. The van der Waals surface area contributed by atoms with Crippen molar-refractivity contribution in [2.24, 2.45) is 5.92 Å². The molecule has 0 radical (unpaired) electrons. The summed E-state index contributed by atoms with van der Waals surface area (Å²) in [5.41, 5.74) is 7.13. The molecule has 0 heterocycles. The van der Waals surface area contributed by atoms with E-state index in [4.69, 9.17) is 14.2 Å². The highest BCUT2D eigenvalue weighted by molar-refractivity contribution is 5.89. The van der Waals surface area contributed by atoms with Gasteiger partial charge in [0.1, 0.15) is 24.4 Å². The van der Waals surface area contributed by atoms with E-state index >= 15 is 0 Å². The second-order valence-corrected chi connectivity index (χ2v) is 16.1. The predicted octanol–water partition coefficient (Wildman–Crippen LogP) is 8.34. The van der Waals surface area contributed by atoms with Crippen molar-refractivity contribution in [1.82, 2.24) is 10.6 Å². The fourth-order valence-electron chi connectivity index (χ4n) is 6.94. The largest absolute Gasteiger partial charge is 0.494 e. The Kier molecular flexibility index (Phi) is 14.1. The highest BCUT2D eigenvalue weighted by atomic mass is 16.6. The van der Waals surface area contributed by atoms with Crippen LogP contribution in [0.25, 0.3) is 11.1 Å². The van der Waals surface area contributed by atoms with E-state index in [2.05, 4.69) is 56.0 Å². The first kappa shape index (κ1) is 41.0. The van der Waals surface area contributed by atoms with Crippen LogP contribution < -0.4 is 15.4 Å². The average Bonchev–Trinajstić information content (AvgIpc) is 3.47. The predicted molar refractivity (Wildman–Crippen MR) is 217 cm³/mol. The molecular formula is C46H58N3O6+. The number of alkyl carbamates (subject to hydrolysis) is 1. The number of carbonyl (C=O) groups is 3. The summed E-state index contributed by atoms with van der Waals surface area (Å²) in [6.45, 7) is 9.42. The van der Waals surface area contributed by atoms with Crippen LogP contribution >= 0.6 is 0 Å². The number of amides is 2. The van der Waals surface area contributed by atoms with Crippen LogP contribution in [-0.4, -0.2) is 75.4 Å². The monoisotopic (exact) mass is 748 g/mol. The van der Waals surface area contributed by atoms with Gasteiger partial charge < -0.3 is 29.3 Å². The smallest absolute Gasteiger partial charge is 0.407 e. The molecule has 55 heavy (non-hydrogen) atoms. The molecule has 2 N–H and O–H groups in total. The third-order valence-corrected chi connectivity index (χ3v) is 9.91. The number of esters is 1. The Labute approximate surface area is 327 Å². The maximum Gasteiger partial charge on any atom is 0.407 e. The number of fused-ring (bicyclic) bond motifs is 3. The molecule has 0 spiro atoms. The van der Waals surface area contributed by atoms with Crippen molar-refractivity contribution in [2.75, 3.05) is 40.9 Å². The number of benzene rings is 4. The second-order valence-electron chi connectivity index (χ2n) is 16.1. The highest BCUT2D eigenvalue weighted by Gasteiger charge is 2.31. The van der Waals surface area contributed by atoms with E-state index in [1.54, 1.807) is 6.92 Å². The van der Waals surface area contributed by atoms with Crippen LogP contribution in [0.2, 0.25) is 0 Å². The second kappa shape index (κ2) is 18.9. The molecule has 0 fully saturated rings. The van der Waals surface area contributed by atoms with Gasteiger partial charge in [0, 0.05) is 5.92 Å².